The SMILES string of the molecule is NS(=O)(=O)c1ccc(-c2coc(=O)n2-c2cccnc2)cc1F. The van der Waals surface area contributed by atoms with E-state index in [1.807, 2.05) is 0 Å². The van der Waals surface area contributed by atoms with Gasteiger partial charge in [0.05, 0.1) is 17.6 Å². The monoisotopic (exact) mass is 335 g/mol. The zero-order valence-electron chi connectivity index (χ0n) is 11.5. The zero-order valence-corrected chi connectivity index (χ0v) is 12.3. The van der Waals surface area contributed by atoms with Crippen LogP contribution in [-0.4, -0.2) is 18.0 Å². The third-order valence-electron chi connectivity index (χ3n) is 3.13. The molecule has 1 aromatic carbocycles. The Morgan fingerprint density at radius 2 is 2.04 bits per heavy atom. The molecule has 0 aliphatic heterocycles. The molecule has 0 aliphatic carbocycles. The van der Waals surface area contributed by atoms with Gasteiger partial charge in [-0.2, -0.15) is 0 Å². The van der Waals surface area contributed by atoms with Crippen molar-refractivity contribution < 1.29 is 17.2 Å². The van der Waals surface area contributed by atoms with Crippen LogP contribution in [0.25, 0.3) is 16.9 Å². The number of aromatic nitrogens is 2. The lowest BCUT2D eigenvalue weighted by atomic mass is 10.1. The molecule has 0 saturated carbocycles. The molecule has 118 valence electrons. The second-order valence-electron chi connectivity index (χ2n) is 4.62. The van der Waals surface area contributed by atoms with Gasteiger partial charge in [-0.3, -0.25) is 4.98 Å². The first kappa shape index (κ1) is 15.1. The van der Waals surface area contributed by atoms with Gasteiger partial charge < -0.3 is 4.42 Å². The summed E-state index contributed by atoms with van der Waals surface area (Å²) in [4.78, 5) is 15.2. The summed E-state index contributed by atoms with van der Waals surface area (Å²) >= 11 is 0. The number of benzene rings is 1. The van der Waals surface area contributed by atoms with Gasteiger partial charge in [-0.15, -0.1) is 0 Å². The van der Waals surface area contributed by atoms with E-state index < -0.39 is 26.5 Å². The minimum atomic E-state index is -4.17. The summed E-state index contributed by atoms with van der Waals surface area (Å²) in [5.41, 5.74) is 0.935. The predicted octanol–water partition coefficient (Wildman–Crippen LogP) is 1.28. The molecular weight excluding hydrogens is 325 g/mol. The molecule has 2 aromatic heterocycles. The fourth-order valence-electron chi connectivity index (χ4n) is 2.13. The Bertz CT molecular complexity index is 1030. The van der Waals surface area contributed by atoms with E-state index >= 15 is 0 Å². The maximum atomic E-state index is 14.0. The predicted molar refractivity (Wildman–Crippen MR) is 78.9 cm³/mol. The molecule has 0 atom stereocenters. The van der Waals surface area contributed by atoms with Gasteiger partial charge in [0, 0.05) is 11.8 Å². The molecule has 0 unspecified atom stereocenters. The maximum Gasteiger partial charge on any atom is 0.424 e. The van der Waals surface area contributed by atoms with E-state index in [0.717, 1.165) is 18.4 Å². The van der Waals surface area contributed by atoms with Gasteiger partial charge in [-0.25, -0.2) is 27.3 Å². The Labute approximate surface area is 129 Å². The molecule has 0 amide bonds. The number of nitrogens with zero attached hydrogens (tertiary/aromatic N) is 2. The van der Waals surface area contributed by atoms with Gasteiger partial charge in [0.1, 0.15) is 17.0 Å². The van der Waals surface area contributed by atoms with Crippen LogP contribution in [0.5, 0.6) is 0 Å². The van der Waals surface area contributed by atoms with E-state index in [-0.39, 0.29) is 11.3 Å². The number of primary sulfonamides is 1. The second kappa shape index (κ2) is 5.45. The molecule has 0 radical (unpaired) electrons. The van der Waals surface area contributed by atoms with E-state index in [9.17, 15) is 17.6 Å². The lowest BCUT2D eigenvalue weighted by molar-refractivity contribution is 0.504. The highest BCUT2D eigenvalue weighted by molar-refractivity contribution is 7.89. The number of hydrogen-bond donors (Lipinski definition) is 1. The van der Waals surface area contributed by atoms with Crippen molar-refractivity contribution in [2.24, 2.45) is 5.14 Å². The summed E-state index contributed by atoms with van der Waals surface area (Å²) in [6.45, 7) is 0. The van der Waals surface area contributed by atoms with Crippen molar-refractivity contribution in [1.29, 1.82) is 0 Å². The van der Waals surface area contributed by atoms with Crippen molar-refractivity contribution in [1.82, 2.24) is 9.55 Å². The largest absolute Gasteiger partial charge is 0.424 e. The molecule has 3 aromatic rings. The quantitative estimate of drug-likeness (QED) is 0.775. The average molecular weight is 335 g/mol. The van der Waals surface area contributed by atoms with Crippen LogP contribution in [0.15, 0.2) is 63.1 Å². The first-order valence-electron chi connectivity index (χ1n) is 6.31. The Balaban J connectivity index is 2.18. The smallest absolute Gasteiger partial charge is 0.415 e. The van der Waals surface area contributed by atoms with Gasteiger partial charge in [0.25, 0.3) is 0 Å². The third kappa shape index (κ3) is 2.79. The lowest BCUT2D eigenvalue weighted by Gasteiger charge is -2.07. The summed E-state index contributed by atoms with van der Waals surface area (Å²) in [6.07, 6.45) is 4.13. The van der Waals surface area contributed by atoms with Crippen molar-refractivity contribution in [3.8, 4) is 16.9 Å². The zero-order chi connectivity index (χ0) is 16.6. The number of nitrogens with two attached hydrogens (primary N) is 1. The van der Waals surface area contributed by atoms with Crippen molar-refractivity contribution in [2.75, 3.05) is 0 Å². The third-order valence-corrected chi connectivity index (χ3v) is 4.08. The maximum absolute atomic E-state index is 14.0. The van der Waals surface area contributed by atoms with Gasteiger partial charge in [0.15, 0.2) is 0 Å². The van der Waals surface area contributed by atoms with E-state index in [4.69, 9.17) is 9.56 Å². The Hall–Kier alpha value is -2.78. The molecule has 7 nitrogen and oxygen atoms in total. The number of halogens is 1. The highest BCUT2D eigenvalue weighted by Crippen LogP contribution is 2.25. The van der Waals surface area contributed by atoms with E-state index in [1.165, 1.54) is 23.0 Å². The molecule has 2 N–H and O–H groups in total. The Morgan fingerprint density at radius 3 is 2.65 bits per heavy atom. The van der Waals surface area contributed by atoms with E-state index in [2.05, 4.69) is 4.98 Å². The summed E-state index contributed by atoms with van der Waals surface area (Å²) in [5.74, 6) is -1.69. The summed E-state index contributed by atoms with van der Waals surface area (Å²) in [7, 11) is -4.17. The topological polar surface area (TPSA) is 108 Å². The van der Waals surface area contributed by atoms with Crippen LogP contribution in [0.4, 0.5) is 4.39 Å². The summed E-state index contributed by atoms with van der Waals surface area (Å²) in [6, 6.07) is 6.59. The van der Waals surface area contributed by atoms with Crippen molar-refractivity contribution in [3.05, 3.63) is 65.4 Å². The molecule has 0 spiro atoms. The van der Waals surface area contributed by atoms with Gasteiger partial charge in [0.2, 0.25) is 10.0 Å². The molecule has 0 fully saturated rings. The summed E-state index contributed by atoms with van der Waals surface area (Å²) in [5, 5.41) is 4.92. The second-order valence-corrected chi connectivity index (χ2v) is 6.15. The van der Waals surface area contributed by atoms with Crippen LogP contribution in [0, 0.1) is 5.82 Å². The number of pyridine rings is 1. The molecule has 2 heterocycles. The van der Waals surface area contributed by atoms with Gasteiger partial charge in [-0.1, -0.05) is 6.07 Å². The van der Waals surface area contributed by atoms with Crippen LogP contribution in [0.1, 0.15) is 0 Å². The van der Waals surface area contributed by atoms with E-state index in [1.54, 1.807) is 12.1 Å². The van der Waals surface area contributed by atoms with Crippen molar-refractivity contribution in [3.63, 3.8) is 0 Å². The average Bonchev–Trinajstić information content (AvgIpc) is 2.88. The lowest BCUT2D eigenvalue weighted by Crippen LogP contribution is -2.15. The molecule has 0 bridgehead atoms. The first-order chi connectivity index (χ1) is 10.9. The Morgan fingerprint density at radius 1 is 1.26 bits per heavy atom. The Kier molecular flexibility index (Phi) is 3.58. The fraction of sp³-hybridized carbons (Fsp3) is 0. The number of rotatable bonds is 3. The fourth-order valence-corrected chi connectivity index (χ4v) is 2.72. The standard InChI is InChI=1S/C14H10FN3O4S/c15-11-6-9(3-4-13(11)23(16,20)21)12-8-22-14(19)18(12)10-2-1-5-17-7-10/h1-8H,(H2,16,20,21). The van der Waals surface area contributed by atoms with Crippen LogP contribution < -0.4 is 10.9 Å². The number of oxazole rings is 1. The van der Waals surface area contributed by atoms with Crippen LogP contribution >= 0.6 is 0 Å². The molecule has 23 heavy (non-hydrogen) atoms. The number of hydrogen-bond acceptors (Lipinski definition) is 5. The first-order valence-corrected chi connectivity index (χ1v) is 7.86. The van der Waals surface area contributed by atoms with Gasteiger partial charge >= 0.3 is 5.76 Å². The normalized spacial score (nSPS) is 11.6. The minimum absolute atomic E-state index is 0.253. The number of sulfonamides is 1. The highest BCUT2D eigenvalue weighted by atomic mass is 32.2. The molecule has 0 saturated heterocycles. The van der Waals surface area contributed by atoms with Crippen LogP contribution in [0.3, 0.4) is 0 Å². The van der Waals surface area contributed by atoms with Crippen molar-refractivity contribution in [2.45, 2.75) is 4.90 Å². The van der Waals surface area contributed by atoms with Gasteiger partial charge in [-0.05, 0) is 24.3 Å². The van der Waals surface area contributed by atoms with Crippen LogP contribution in [-0.2, 0) is 10.0 Å². The highest BCUT2D eigenvalue weighted by Gasteiger charge is 2.18. The molecule has 9 heteroatoms. The van der Waals surface area contributed by atoms with Crippen LogP contribution in [0.2, 0.25) is 0 Å². The summed E-state index contributed by atoms with van der Waals surface area (Å²) < 4.78 is 42.5. The van der Waals surface area contributed by atoms with E-state index in [0.29, 0.717) is 5.69 Å². The molecular formula is C14H10FN3O4S. The molecule has 0 aliphatic rings. The minimum Gasteiger partial charge on any atom is -0.415 e. The molecule has 3 rings (SSSR count). The van der Waals surface area contributed by atoms with Crippen molar-refractivity contribution >= 4 is 10.0 Å².